The molecular weight excluding hydrogens is 302 g/mol. The molecule has 6 heteroatoms. The van der Waals surface area contributed by atoms with Gasteiger partial charge in [0.25, 0.3) is 5.91 Å². The summed E-state index contributed by atoms with van der Waals surface area (Å²) < 4.78 is 1.66. The number of carbonyl (C=O) groups is 1. The van der Waals surface area contributed by atoms with Crippen molar-refractivity contribution in [1.29, 1.82) is 0 Å². The van der Waals surface area contributed by atoms with Gasteiger partial charge in [0, 0.05) is 46.1 Å². The molecule has 0 atom stereocenters. The van der Waals surface area contributed by atoms with E-state index in [2.05, 4.69) is 34.0 Å². The quantitative estimate of drug-likeness (QED) is 0.863. The third-order valence-corrected chi connectivity index (χ3v) is 4.66. The molecule has 128 valence electrons. The highest BCUT2D eigenvalue weighted by molar-refractivity contribution is 5.93. The third-order valence-electron chi connectivity index (χ3n) is 4.66. The Morgan fingerprint density at radius 1 is 1.29 bits per heavy atom. The second kappa shape index (κ2) is 7.03. The summed E-state index contributed by atoms with van der Waals surface area (Å²) in [4.78, 5) is 21.1. The summed E-state index contributed by atoms with van der Waals surface area (Å²) in [6, 6.07) is 4.20. The molecule has 1 saturated heterocycles. The Bertz CT molecular complexity index is 686. The second-order valence-corrected chi connectivity index (χ2v) is 6.71. The van der Waals surface area contributed by atoms with Crippen LogP contribution in [0, 0.1) is 12.8 Å². The predicted octanol–water partition coefficient (Wildman–Crippen LogP) is 2.11. The van der Waals surface area contributed by atoms with Crippen LogP contribution in [-0.2, 0) is 7.05 Å². The molecule has 3 heterocycles. The number of nitrogens with zero attached hydrogens (tertiary/aromatic N) is 5. The van der Waals surface area contributed by atoms with E-state index in [-0.39, 0.29) is 5.91 Å². The van der Waals surface area contributed by atoms with Gasteiger partial charge in [-0.3, -0.25) is 9.48 Å². The van der Waals surface area contributed by atoms with Gasteiger partial charge in [-0.1, -0.05) is 6.07 Å². The average Bonchev–Trinajstić information content (AvgIpc) is 3.02. The first kappa shape index (κ1) is 16.5. The van der Waals surface area contributed by atoms with Crippen LogP contribution in [0.15, 0.2) is 30.7 Å². The first-order chi connectivity index (χ1) is 11.5. The lowest BCUT2D eigenvalue weighted by Crippen LogP contribution is -2.39. The maximum Gasteiger partial charge on any atom is 0.256 e. The lowest BCUT2D eigenvalue weighted by atomic mass is 9.96. The maximum absolute atomic E-state index is 12.4. The molecule has 0 unspecified atom stereocenters. The van der Waals surface area contributed by atoms with E-state index in [0.717, 1.165) is 38.3 Å². The third kappa shape index (κ3) is 3.75. The Morgan fingerprint density at radius 2 is 2.04 bits per heavy atom. The summed E-state index contributed by atoms with van der Waals surface area (Å²) in [5.41, 5.74) is 1.84. The highest BCUT2D eigenvalue weighted by Gasteiger charge is 2.23. The smallest absolute Gasteiger partial charge is 0.256 e. The van der Waals surface area contributed by atoms with Crippen molar-refractivity contribution >= 4 is 11.7 Å². The molecule has 0 bridgehead atoms. The molecule has 0 aliphatic carbocycles. The van der Waals surface area contributed by atoms with Gasteiger partial charge in [0.05, 0.1) is 11.8 Å². The molecule has 0 saturated carbocycles. The zero-order valence-electron chi connectivity index (χ0n) is 14.6. The largest absolute Gasteiger partial charge is 0.357 e. The van der Waals surface area contributed by atoms with Crippen molar-refractivity contribution < 1.29 is 4.79 Å². The zero-order chi connectivity index (χ0) is 17.1. The van der Waals surface area contributed by atoms with Gasteiger partial charge < -0.3 is 9.80 Å². The number of rotatable bonds is 4. The SMILES string of the molecule is Cc1ccc(N2CCC(CN(C)C(=O)c3cnn(C)c3)CC2)nc1. The van der Waals surface area contributed by atoms with E-state index in [1.807, 2.05) is 25.2 Å². The van der Waals surface area contributed by atoms with Crippen LogP contribution in [0.4, 0.5) is 5.82 Å². The van der Waals surface area contributed by atoms with Gasteiger partial charge in [-0.05, 0) is 37.3 Å². The van der Waals surface area contributed by atoms with Crippen LogP contribution in [0.3, 0.4) is 0 Å². The first-order valence-corrected chi connectivity index (χ1v) is 8.44. The number of piperidine rings is 1. The maximum atomic E-state index is 12.4. The minimum absolute atomic E-state index is 0.0470. The Kier molecular flexibility index (Phi) is 4.83. The molecule has 0 aromatic carbocycles. The van der Waals surface area contributed by atoms with Gasteiger partial charge in [0.15, 0.2) is 0 Å². The monoisotopic (exact) mass is 327 g/mol. The van der Waals surface area contributed by atoms with Gasteiger partial charge in [-0.2, -0.15) is 5.10 Å². The molecule has 1 aliphatic heterocycles. The molecule has 0 radical (unpaired) electrons. The van der Waals surface area contributed by atoms with Gasteiger partial charge in [0.2, 0.25) is 0 Å². The van der Waals surface area contributed by atoms with Crippen LogP contribution in [0.25, 0.3) is 0 Å². The topological polar surface area (TPSA) is 54.3 Å². The molecule has 1 aliphatic rings. The van der Waals surface area contributed by atoms with Gasteiger partial charge >= 0.3 is 0 Å². The zero-order valence-corrected chi connectivity index (χ0v) is 14.6. The van der Waals surface area contributed by atoms with Gasteiger partial charge in [-0.25, -0.2) is 4.98 Å². The number of aromatic nitrogens is 3. The van der Waals surface area contributed by atoms with Crippen molar-refractivity contribution in [3.8, 4) is 0 Å². The molecule has 6 nitrogen and oxygen atoms in total. The number of anilines is 1. The van der Waals surface area contributed by atoms with E-state index >= 15 is 0 Å². The van der Waals surface area contributed by atoms with Crippen LogP contribution in [-0.4, -0.2) is 52.3 Å². The van der Waals surface area contributed by atoms with Crippen molar-refractivity contribution in [2.45, 2.75) is 19.8 Å². The number of carbonyl (C=O) groups excluding carboxylic acids is 1. The van der Waals surface area contributed by atoms with Crippen molar-refractivity contribution in [2.75, 3.05) is 31.6 Å². The van der Waals surface area contributed by atoms with E-state index in [4.69, 9.17) is 0 Å². The van der Waals surface area contributed by atoms with E-state index in [1.54, 1.807) is 17.1 Å². The summed E-state index contributed by atoms with van der Waals surface area (Å²) >= 11 is 0. The average molecular weight is 327 g/mol. The fourth-order valence-electron chi connectivity index (χ4n) is 3.21. The number of aryl methyl sites for hydroxylation is 2. The Labute approximate surface area is 143 Å². The fraction of sp³-hybridized carbons (Fsp3) is 0.500. The first-order valence-electron chi connectivity index (χ1n) is 8.44. The van der Waals surface area contributed by atoms with Gasteiger partial charge in [0.1, 0.15) is 5.82 Å². The minimum atomic E-state index is 0.0470. The van der Waals surface area contributed by atoms with Crippen molar-refractivity contribution in [2.24, 2.45) is 13.0 Å². The summed E-state index contributed by atoms with van der Waals surface area (Å²) in [7, 11) is 3.70. The fourth-order valence-corrected chi connectivity index (χ4v) is 3.21. The summed E-state index contributed by atoms with van der Waals surface area (Å²) in [5.74, 6) is 1.64. The highest BCUT2D eigenvalue weighted by atomic mass is 16.2. The highest BCUT2D eigenvalue weighted by Crippen LogP contribution is 2.22. The number of hydrogen-bond donors (Lipinski definition) is 0. The molecule has 2 aromatic heterocycles. The second-order valence-electron chi connectivity index (χ2n) is 6.71. The van der Waals surface area contributed by atoms with Gasteiger partial charge in [-0.15, -0.1) is 0 Å². The van der Waals surface area contributed by atoms with Crippen LogP contribution in [0.2, 0.25) is 0 Å². The molecular formula is C18H25N5O. The van der Waals surface area contributed by atoms with E-state index in [0.29, 0.717) is 11.5 Å². The van der Waals surface area contributed by atoms with Crippen molar-refractivity contribution in [3.63, 3.8) is 0 Å². The summed E-state index contributed by atoms with van der Waals surface area (Å²) in [6.07, 6.45) is 7.48. The van der Waals surface area contributed by atoms with E-state index < -0.39 is 0 Å². The van der Waals surface area contributed by atoms with Crippen LogP contribution in [0.1, 0.15) is 28.8 Å². The number of pyridine rings is 1. The molecule has 0 spiro atoms. The molecule has 0 N–H and O–H groups in total. The number of amides is 1. The normalized spacial score (nSPS) is 15.5. The molecule has 1 fully saturated rings. The Hall–Kier alpha value is -2.37. The lowest BCUT2D eigenvalue weighted by Gasteiger charge is -2.34. The number of hydrogen-bond acceptors (Lipinski definition) is 4. The standard InChI is InChI=1S/C18H25N5O/c1-14-4-5-17(19-10-14)23-8-6-15(7-9-23)12-21(2)18(24)16-11-20-22(3)13-16/h4-5,10-11,13,15H,6-9,12H2,1-3H3. The lowest BCUT2D eigenvalue weighted by molar-refractivity contribution is 0.0765. The van der Waals surface area contributed by atoms with Crippen LogP contribution >= 0.6 is 0 Å². The Balaban J connectivity index is 1.51. The van der Waals surface area contributed by atoms with Crippen LogP contribution in [0.5, 0.6) is 0 Å². The van der Waals surface area contributed by atoms with Crippen LogP contribution < -0.4 is 4.90 Å². The van der Waals surface area contributed by atoms with Crippen molar-refractivity contribution in [1.82, 2.24) is 19.7 Å². The van der Waals surface area contributed by atoms with Crippen molar-refractivity contribution in [3.05, 3.63) is 41.9 Å². The molecule has 2 aromatic rings. The predicted molar refractivity (Wildman–Crippen MR) is 94.1 cm³/mol. The summed E-state index contributed by atoms with van der Waals surface area (Å²) in [6.45, 7) is 4.84. The van der Waals surface area contributed by atoms with E-state index in [9.17, 15) is 4.79 Å². The molecule has 1 amide bonds. The summed E-state index contributed by atoms with van der Waals surface area (Å²) in [5, 5.41) is 4.07. The van der Waals surface area contributed by atoms with E-state index in [1.165, 1.54) is 5.56 Å². The minimum Gasteiger partial charge on any atom is -0.357 e. The Morgan fingerprint density at radius 3 is 2.62 bits per heavy atom. The molecule has 24 heavy (non-hydrogen) atoms. The molecule has 3 rings (SSSR count).